The quantitative estimate of drug-likeness (QED) is 0.463. The zero-order chi connectivity index (χ0) is 21.3. The van der Waals surface area contributed by atoms with Crippen molar-refractivity contribution in [1.29, 1.82) is 0 Å². The van der Waals surface area contributed by atoms with Crippen LogP contribution in [0.25, 0.3) is 0 Å². The van der Waals surface area contributed by atoms with E-state index in [1.807, 2.05) is 13.8 Å². The number of amides is 1. The SMILES string of the molecule is Cc1cc(C(=O)Nc2ncc(S(=O)(=O)c3ccc([N+](=O)[O-])cc3)s2)n(C(C)C)n1. The summed E-state index contributed by atoms with van der Waals surface area (Å²) in [4.78, 5) is 26.5. The van der Waals surface area contributed by atoms with Gasteiger partial charge in [-0.25, -0.2) is 13.4 Å². The van der Waals surface area contributed by atoms with E-state index in [9.17, 15) is 23.3 Å². The molecular weight excluding hydrogens is 418 g/mol. The molecule has 12 heteroatoms. The number of nitro benzene ring substituents is 1. The standard InChI is InChI=1S/C17H17N5O5S2/c1-10(2)21-14(8-11(3)20-21)16(23)19-17-18-9-15(28-17)29(26,27)13-6-4-12(5-7-13)22(24)25/h4-10H,1-3H3,(H,18,19,23). The third-order valence-corrected chi connectivity index (χ3v) is 7.05. The Morgan fingerprint density at radius 3 is 2.52 bits per heavy atom. The summed E-state index contributed by atoms with van der Waals surface area (Å²) in [6, 6.07) is 6.17. The van der Waals surface area contributed by atoms with Crippen molar-refractivity contribution in [2.24, 2.45) is 0 Å². The molecule has 0 aliphatic rings. The van der Waals surface area contributed by atoms with Gasteiger partial charge in [0, 0.05) is 18.2 Å². The predicted octanol–water partition coefficient (Wildman–Crippen LogP) is 3.22. The number of carbonyl (C=O) groups excluding carboxylic acids is 1. The lowest BCUT2D eigenvalue weighted by atomic mass is 10.3. The molecule has 152 valence electrons. The van der Waals surface area contributed by atoms with Crippen LogP contribution in [0.4, 0.5) is 10.8 Å². The molecule has 0 aliphatic heterocycles. The monoisotopic (exact) mass is 435 g/mol. The number of aryl methyl sites for hydroxylation is 1. The van der Waals surface area contributed by atoms with E-state index in [0.717, 1.165) is 41.8 Å². The van der Waals surface area contributed by atoms with Crippen molar-refractivity contribution in [2.75, 3.05) is 5.32 Å². The first-order valence-electron chi connectivity index (χ1n) is 8.42. The molecule has 0 saturated carbocycles. The normalized spacial score (nSPS) is 11.6. The molecule has 1 N–H and O–H groups in total. The molecule has 1 amide bonds. The Bertz CT molecular complexity index is 1180. The van der Waals surface area contributed by atoms with E-state index in [-0.39, 0.29) is 26.0 Å². The van der Waals surface area contributed by atoms with Crippen LogP contribution in [0.1, 0.15) is 36.1 Å². The number of anilines is 1. The van der Waals surface area contributed by atoms with Crippen molar-refractivity contribution in [2.45, 2.75) is 35.9 Å². The van der Waals surface area contributed by atoms with E-state index in [4.69, 9.17) is 0 Å². The molecule has 0 bridgehead atoms. The zero-order valence-electron chi connectivity index (χ0n) is 15.7. The highest BCUT2D eigenvalue weighted by Gasteiger charge is 2.23. The zero-order valence-corrected chi connectivity index (χ0v) is 17.3. The van der Waals surface area contributed by atoms with Crippen LogP contribution in [0.15, 0.2) is 45.6 Å². The second-order valence-corrected chi connectivity index (χ2v) is 9.61. The highest BCUT2D eigenvalue weighted by molar-refractivity contribution is 7.93. The number of nitrogens with zero attached hydrogens (tertiary/aromatic N) is 4. The van der Waals surface area contributed by atoms with E-state index >= 15 is 0 Å². The summed E-state index contributed by atoms with van der Waals surface area (Å²) in [5.41, 5.74) is 0.815. The lowest BCUT2D eigenvalue weighted by Gasteiger charge is -2.09. The van der Waals surface area contributed by atoms with Crippen LogP contribution < -0.4 is 5.32 Å². The van der Waals surface area contributed by atoms with Crippen molar-refractivity contribution < 1.29 is 18.1 Å². The number of benzene rings is 1. The number of carbonyl (C=O) groups is 1. The van der Waals surface area contributed by atoms with Crippen LogP contribution in [0.3, 0.4) is 0 Å². The second-order valence-electron chi connectivity index (χ2n) is 6.40. The van der Waals surface area contributed by atoms with Crippen LogP contribution >= 0.6 is 11.3 Å². The van der Waals surface area contributed by atoms with Gasteiger partial charge in [-0.2, -0.15) is 5.10 Å². The number of non-ortho nitro benzene ring substituents is 1. The average Bonchev–Trinajstić information content (AvgIpc) is 3.29. The van der Waals surface area contributed by atoms with Gasteiger partial charge in [0.15, 0.2) is 5.13 Å². The minimum absolute atomic E-state index is 0.0289. The highest BCUT2D eigenvalue weighted by Crippen LogP contribution is 2.29. The predicted molar refractivity (Wildman–Crippen MR) is 106 cm³/mol. The molecule has 10 nitrogen and oxygen atoms in total. The van der Waals surface area contributed by atoms with Gasteiger partial charge < -0.3 is 0 Å². The molecule has 29 heavy (non-hydrogen) atoms. The molecule has 2 aromatic heterocycles. The largest absolute Gasteiger partial charge is 0.296 e. The maximum Gasteiger partial charge on any atom is 0.275 e. The van der Waals surface area contributed by atoms with Crippen molar-refractivity contribution in [3.63, 3.8) is 0 Å². The fourth-order valence-electron chi connectivity index (χ4n) is 2.55. The Balaban J connectivity index is 1.83. The van der Waals surface area contributed by atoms with Gasteiger partial charge in [0.05, 0.1) is 21.7 Å². The fourth-order valence-corrected chi connectivity index (χ4v) is 4.97. The first-order valence-corrected chi connectivity index (χ1v) is 10.7. The van der Waals surface area contributed by atoms with Crippen LogP contribution in [-0.4, -0.2) is 34.0 Å². The molecule has 3 rings (SSSR count). The summed E-state index contributed by atoms with van der Waals surface area (Å²) in [7, 11) is -3.91. The number of hydrogen-bond acceptors (Lipinski definition) is 8. The summed E-state index contributed by atoms with van der Waals surface area (Å²) >= 11 is 0.795. The third-order valence-electron chi connectivity index (χ3n) is 3.91. The van der Waals surface area contributed by atoms with Crippen molar-refractivity contribution in [1.82, 2.24) is 14.8 Å². The van der Waals surface area contributed by atoms with Crippen LogP contribution in [0.2, 0.25) is 0 Å². The van der Waals surface area contributed by atoms with Crippen molar-refractivity contribution in [3.8, 4) is 0 Å². The number of thiazole rings is 1. The second kappa shape index (κ2) is 7.72. The Hall–Kier alpha value is -3.12. The summed E-state index contributed by atoms with van der Waals surface area (Å²) in [5.74, 6) is -0.451. The Labute approximate surface area is 170 Å². The van der Waals surface area contributed by atoms with Crippen molar-refractivity contribution in [3.05, 3.63) is 58.0 Å². The summed E-state index contributed by atoms with van der Waals surface area (Å²) in [6.07, 6.45) is 1.14. The summed E-state index contributed by atoms with van der Waals surface area (Å²) < 4.78 is 26.9. The molecule has 2 heterocycles. The average molecular weight is 435 g/mol. The number of sulfone groups is 1. The van der Waals surface area contributed by atoms with Gasteiger partial charge >= 0.3 is 0 Å². The van der Waals surface area contributed by atoms with Gasteiger partial charge in [0.1, 0.15) is 9.90 Å². The highest BCUT2D eigenvalue weighted by atomic mass is 32.2. The van der Waals surface area contributed by atoms with Gasteiger partial charge in [0.2, 0.25) is 9.84 Å². The molecule has 0 fully saturated rings. The molecule has 0 radical (unpaired) electrons. The maximum atomic E-state index is 12.7. The van der Waals surface area contributed by atoms with E-state index in [2.05, 4.69) is 15.4 Å². The van der Waals surface area contributed by atoms with E-state index < -0.39 is 20.7 Å². The maximum absolute atomic E-state index is 12.7. The Morgan fingerprint density at radius 2 is 1.93 bits per heavy atom. The molecule has 0 aliphatic carbocycles. The molecule has 0 atom stereocenters. The smallest absolute Gasteiger partial charge is 0.275 e. The number of hydrogen-bond donors (Lipinski definition) is 1. The molecule has 3 aromatic rings. The third kappa shape index (κ3) is 4.17. The first-order chi connectivity index (χ1) is 13.6. The fraction of sp³-hybridized carbons (Fsp3) is 0.235. The van der Waals surface area contributed by atoms with E-state index in [1.54, 1.807) is 17.7 Å². The topological polar surface area (TPSA) is 137 Å². The Kier molecular flexibility index (Phi) is 5.48. The van der Waals surface area contributed by atoms with Crippen LogP contribution in [0.5, 0.6) is 0 Å². The lowest BCUT2D eigenvalue weighted by molar-refractivity contribution is -0.384. The van der Waals surface area contributed by atoms with E-state index in [1.165, 1.54) is 0 Å². The number of nitrogens with one attached hydrogen (secondary N) is 1. The van der Waals surface area contributed by atoms with Gasteiger partial charge in [-0.3, -0.25) is 24.9 Å². The van der Waals surface area contributed by atoms with Gasteiger partial charge in [0.25, 0.3) is 11.6 Å². The van der Waals surface area contributed by atoms with Gasteiger partial charge in [-0.1, -0.05) is 11.3 Å². The number of nitro groups is 1. The molecule has 0 unspecified atom stereocenters. The first kappa shape index (κ1) is 20.6. The molecule has 0 saturated heterocycles. The van der Waals surface area contributed by atoms with E-state index in [0.29, 0.717) is 11.4 Å². The molecule has 1 aromatic carbocycles. The minimum atomic E-state index is -3.91. The van der Waals surface area contributed by atoms with Crippen molar-refractivity contribution >= 4 is 37.9 Å². The minimum Gasteiger partial charge on any atom is -0.296 e. The number of aromatic nitrogens is 3. The van der Waals surface area contributed by atoms with Crippen LogP contribution in [-0.2, 0) is 9.84 Å². The molecular formula is C17H17N5O5S2. The lowest BCUT2D eigenvalue weighted by Crippen LogP contribution is -2.18. The Morgan fingerprint density at radius 1 is 1.28 bits per heavy atom. The van der Waals surface area contributed by atoms with Crippen LogP contribution in [0, 0.1) is 17.0 Å². The number of rotatable bonds is 6. The summed E-state index contributed by atoms with van der Waals surface area (Å²) in [6.45, 7) is 5.55. The van der Waals surface area contributed by atoms with Gasteiger partial charge in [-0.15, -0.1) is 0 Å². The van der Waals surface area contributed by atoms with Gasteiger partial charge in [-0.05, 0) is 39.0 Å². The molecule has 0 spiro atoms. The summed E-state index contributed by atoms with van der Waals surface area (Å²) in [5, 5.41) is 17.7.